The van der Waals surface area contributed by atoms with Crippen molar-refractivity contribution in [3.63, 3.8) is 0 Å². The predicted octanol–water partition coefficient (Wildman–Crippen LogP) is 5.14. The normalized spacial score (nSPS) is 14.9. The van der Waals surface area contributed by atoms with Crippen LogP contribution in [0.5, 0.6) is 17.2 Å². The minimum atomic E-state index is 0.261. The van der Waals surface area contributed by atoms with Crippen molar-refractivity contribution < 1.29 is 14.6 Å². The van der Waals surface area contributed by atoms with E-state index in [1.54, 1.807) is 19.2 Å². The number of aromatic hydroxyl groups is 1. The lowest BCUT2D eigenvalue weighted by molar-refractivity contribution is 0.293. The molecule has 1 heterocycles. The van der Waals surface area contributed by atoms with Crippen LogP contribution in [0.15, 0.2) is 36.4 Å². The number of phenolic OH excluding ortho intramolecular Hbond substituents is 1. The molecule has 0 bridgehead atoms. The Hall–Kier alpha value is -3.15. The molecule has 6 heteroatoms. The Morgan fingerprint density at radius 1 is 1.09 bits per heavy atom. The molecular formula is C26H31N3O3. The van der Waals surface area contributed by atoms with E-state index in [1.807, 2.05) is 18.2 Å². The van der Waals surface area contributed by atoms with Crippen LogP contribution in [0, 0.1) is 5.92 Å². The van der Waals surface area contributed by atoms with Crippen molar-refractivity contribution >= 4 is 22.3 Å². The van der Waals surface area contributed by atoms with Gasteiger partial charge in [-0.1, -0.05) is 6.07 Å². The lowest BCUT2D eigenvalue weighted by atomic mass is 10.1. The molecule has 3 N–H and O–H groups in total. The van der Waals surface area contributed by atoms with Crippen molar-refractivity contribution in [3.05, 3.63) is 47.7 Å². The quantitative estimate of drug-likeness (QED) is 0.384. The summed E-state index contributed by atoms with van der Waals surface area (Å²) in [4.78, 5) is 4.98. The van der Waals surface area contributed by atoms with Crippen LogP contribution in [0.4, 0.5) is 11.4 Å². The molecule has 0 aliphatic heterocycles. The number of methoxy groups -OCH3 is 1. The van der Waals surface area contributed by atoms with Crippen LogP contribution in [0.25, 0.3) is 10.9 Å². The Labute approximate surface area is 189 Å². The van der Waals surface area contributed by atoms with Gasteiger partial charge in [-0.15, -0.1) is 0 Å². The molecule has 1 saturated carbocycles. The summed E-state index contributed by atoms with van der Waals surface area (Å²) in [6, 6.07) is 11.2. The Bertz CT molecular complexity index is 1110. The second-order valence-electron chi connectivity index (χ2n) is 8.79. The van der Waals surface area contributed by atoms with Crippen LogP contribution in [-0.4, -0.2) is 36.9 Å². The average molecular weight is 434 g/mol. The first kappa shape index (κ1) is 20.7. The van der Waals surface area contributed by atoms with Crippen LogP contribution in [0.1, 0.15) is 36.9 Å². The van der Waals surface area contributed by atoms with Gasteiger partial charge in [-0.3, -0.25) is 4.98 Å². The largest absolute Gasteiger partial charge is 0.508 e. The number of hydrogen-bond acceptors (Lipinski definition) is 6. The van der Waals surface area contributed by atoms with Gasteiger partial charge in [-0.25, -0.2) is 0 Å². The summed E-state index contributed by atoms with van der Waals surface area (Å²) in [5.74, 6) is 2.55. The highest BCUT2D eigenvalue weighted by molar-refractivity contribution is 5.96. The second-order valence-corrected chi connectivity index (χ2v) is 8.79. The number of hydrogen-bond donors (Lipinski definition) is 3. The first-order valence-corrected chi connectivity index (χ1v) is 11.6. The highest BCUT2D eigenvalue weighted by atomic mass is 16.5. The number of fused-ring (bicyclic) bond motifs is 2. The fourth-order valence-corrected chi connectivity index (χ4v) is 4.42. The third-order valence-electron chi connectivity index (χ3n) is 6.32. The summed E-state index contributed by atoms with van der Waals surface area (Å²) >= 11 is 0. The van der Waals surface area contributed by atoms with Crippen molar-refractivity contribution in [2.24, 2.45) is 5.92 Å². The fourth-order valence-electron chi connectivity index (χ4n) is 4.42. The molecule has 0 spiro atoms. The van der Waals surface area contributed by atoms with E-state index in [0.29, 0.717) is 6.61 Å². The number of rotatable bonds is 10. The number of nitrogens with one attached hydrogen (secondary N) is 2. The van der Waals surface area contributed by atoms with Gasteiger partial charge in [0.15, 0.2) is 11.5 Å². The molecule has 2 aliphatic carbocycles. The smallest absolute Gasteiger partial charge is 0.163 e. The molecule has 0 saturated heterocycles. The lowest BCUT2D eigenvalue weighted by Gasteiger charge is -2.17. The Kier molecular flexibility index (Phi) is 5.93. The molecule has 1 aromatic heterocycles. The van der Waals surface area contributed by atoms with Gasteiger partial charge in [-0.2, -0.15) is 0 Å². The van der Waals surface area contributed by atoms with Gasteiger partial charge >= 0.3 is 0 Å². The van der Waals surface area contributed by atoms with Crippen LogP contribution in [0.3, 0.4) is 0 Å². The molecule has 2 aliphatic rings. The number of phenols is 1. The summed E-state index contributed by atoms with van der Waals surface area (Å²) in [5, 5.41) is 17.7. The number of anilines is 2. The van der Waals surface area contributed by atoms with Gasteiger partial charge in [0.05, 0.1) is 19.2 Å². The van der Waals surface area contributed by atoms with Gasteiger partial charge in [0.1, 0.15) is 5.75 Å². The molecule has 0 atom stereocenters. The molecule has 0 radical (unpaired) electrons. The number of aryl methyl sites for hydroxylation is 1. The van der Waals surface area contributed by atoms with Crippen molar-refractivity contribution in [1.82, 2.24) is 4.98 Å². The number of aromatic nitrogens is 1. The fraction of sp³-hybridized carbons (Fsp3) is 0.423. The van der Waals surface area contributed by atoms with E-state index < -0.39 is 0 Å². The first-order chi connectivity index (χ1) is 15.7. The molecule has 3 aromatic rings. The van der Waals surface area contributed by atoms with E-state index in [4.69, 9.17) is 14.5 Å². The monoisotopic (exact) mass is 433 g/mol. The van der Waals surface area contributed by atoms with E-state index in [1.165, 1.54) is 36.2 Å². The highest BCUT2D eigenvalue weighted by Gasteiger charge is 2.25. The molecule has 1 fully saturated rings. The van der Waals surface area contributed by atoms with Crippen LogP contribution in [-0.2, 0) is 12.8 Å². The lowest BCUT2D eigenvalue weighted by Crippen LogP contribution is -2.09. The number of benzene rings is 2. The minimum absolute atomic E-state index is 0.261. The van der Waals surface area contributed by atoms with Crippen molar-refractivity contribution in [2.45, 2.75) is 38.5 Å². The van der Waals surface area contributed by atoms with Crippen LogP contribution >= 0.6 is 0 Å². The average Bonchev–Trinajstić information content (AvgIpc) is 3.51. The standard InChI is InChI=1S/C26H31N3O3/c1-31-24-14-21-23(29-22-8-3-7-20(22)26(21)28-16-17-9-10-17)15-25(24)32-12-4-11-27-18-5-2-6-19(30)13-18/h2,5-6,13-15,17,27,30H,3-4,7-12,16H2,1H3,(H,28,29). The molecule has 2 aromatic carbocycles. The molecule has 6 nitrogen and oxygen atoms in total. The zero-order valence-corrected chi connectivity index (χ0v) is 18.6. The van der Waals surface area contributed by atoms with Crippen molar-refractivity contribution in [1.29, 1.82) is 0 Å². The number of pyridine rings is 1. The van der Waals surface area contributed by atoms with Gasteiger partial charge in [0, 0.05) is 47.7 Å². The Balaban J connectivity index is 1.30. The van der Waals surface area contributed by atoms with E-state index in [2.05, 4.69) is 16.7 Å². The first-order valence-electron chi connectivity index (χ1n) is 11.6. The maximum absolute atomic E-state index is 9.56. The van der Waals surface area contributed by atoms with E-state index >= 15 is 0 Å². The summed E-state index contributed by atoms with van der Waals surface area (Å²) in [6.45, 7) is 2.35. The van der Waals surface area contributed by atoms with Gasteiger partial charge in [0.2, 0.25) is 0 Å². The van der Waals surface area contributed by atoms with Crippen molar-refractivity contribution in [2.75, 3.05) is 37.4 Å². The Morgan fingerprint density at radius 2 is 2.00 bits per heavy atom. The summed E-state index contributed by atoms with van der Waals surface area (Å²) in [6.07, 6.45) is 6.80. The molecule has 0 unspecified atom stereocenters. The molecule has 168 valence electrons. The highest BCUT2D eigenvalue weighted by Crippen LogP contribution is 2.40. The van der Waals surface area contributed by atoms with E-state index in [-0.39, 0.29) is 5.75 Å². The van der Waals surface area contributed by atoms with Gasteiger partial charge in [0.25, 0.3) is 0 Å². The maximum Gasteiger partial charge on any atom is 0.163 e. The molecule has 0 amide bonds. The third kappa shape index (κ3) is 4.54. The zero-order valence-electron chi connectivity index (χ0n) is 18.6. The summed E-state index contributed by atoms with van der Waals surface area (Å²) in [7, 11) is 1.69. The van der Waals surface area contributed by atoms with Crippen LogP contribution in [0.2, 0.25) is 0 Å². The minimum Gasteiger partial charge on any atom is -0.508 e. The molecule has 32 heavy (non-hydrogen) atoms. The van der Waals surface area contributed by atoms with Crippen LogP contribution < -0.4 is 20.1 Å². The number of nitrogens with zero attached hydrogens (tertiary/aromatic N) is 1. The molecular weight excluding hydrogens is 402 g/mol. The van der Waals surface area contributed by atoms with E-state index in [9.17, 15) is 5.11 Å². The summed E-state index contributed by atoms with van der Waals surface area (Å²) < 4.78 is 11.8. The van der Waals surface area contributed by atoms with Crippen molar-refractivity contribution in [3.8, 4) is 17.2 Å². The number of ether oxygens (including phenoxy) is 2. The SMILES string of the molecule is COc1cc2c(NCC3CC3)c3c(nc2cc1OCCCNc1cccc(O)c1)CCC3. The second kappa shape index (κ2) is 9.15. The Morgan fingerprint density at radius 3 is 2.81 bits per heavy atom. The zero-order chi connectivity index (χ0) is 21.9. The van der Waals surface area contributed by atoms with Gasteiger partial charge in [-0.05, 0) is 68.2 Å². The predicted molar refractivity (Wildman–Crippen MR) is 128 cm³/mol. The maximum atomic E-state index is 9.56. The molecule has 5 rings (SSSR count). The van der Waals surface area contributed by atoms with E-state index in [0.717, 1.165) is 66.4 Å². The topological polar surface area (TPSA) is 75.6 Å². The van der Waals surface area contributed by atoms with Gasteiger partial charge < -0.3 is 25.2 Å². The third-order valence-corrected chi connectivity index (χ3v) is 6.32. The summed E-state index contributed by atoms with van der Waals surface area (Å²) in [5.41, 5.74) is 5.72.